The molecule has 122 valence electrons. The number of rotatable bonds is 5. The van der Waals surface area contributed by atoms with Gasteiger partial charge in [-0.25, -0.2) is 0 Å². The molecule has 0 heterocycles. The van der Waals surface area contributed by atoms with E-state index in [1.165, 1.54) is 5.56 Å². The van der Waals surface area contributed by atoms with E-state index in [0.29, 0.717) is 5.92 Å². The molecule has 3 nitrogen and oxygen atoms in total. The average Bonchev–Trinajstić information content (AvgIpc) is 2.49. The van der Waals surface area contributed by atoms with Gasteiger partial charge in [0.2, 0.25) is 5.91 Å². The van der Waals surface area contributed by atoms with Crippen LogP contribution in [0.4, 0.5) is 5.69 Å². The minimum Gasteiger partial charge on any atom is -0.508 e. The van der Waals surface area contributed by atoms with Gasteiger partial charge in [0.25, 0.3) is 0 Å². The highest BCUT2D eigenvalue weighted by Gasteiger charge is 2.16. The molecular weight excluding hydrogens is 286 g/mol. The van der Waals surface area contributed by atoms with Gasteiger partial charge in [-0.15, -0.1) is 0 Å². The van der Waals surface area contributed by atoms with Crippen LogP contribution in [0, 0.1) is 12.8 Å². The quantitative estimate of drug-likeness (QED) is 0.790. The Morgan fingerprint density at radius 1 is 1.09 bits per heavy atom. The van der Waals surface area contributed by atoms with Gasteiger partial charge in [0, 0.05) is 5.69 Å². The first-order valence-corrected chi connectivity index (χ1v) is 8.06. The largest absolute Gasteiger partial charge is 0.508 e. The molecule has 0 saturated heterocycles. The molecule has 2 rings (SSSR count). The van der Waals surface area contributed by atoms with Crippen LogP contribution < -0.4 is 5.32 Å². The van der Waals surface area contributed by atoms with Gasteiger partial charge in [-0.2, -0.15) is 0 Å². The summed E-state index contributed by atoms with van der Waals surface area (Å²) in [5.41, 5.74) is 3.88. The normalized spacial score (nSPS) is 12.2. The molecule has 3 heteroatoms. The third-order valence-corrected chi connectivity index (χ3v) is 3.98. The van der Waals surface area contributed by atoms with Crippen molar-refractivity contribution in [1.29, 1.82) is 0 Å². The molecule has 0 bridgehead atoms. The van der Waals surface area contributed by atoms with Crippen molar-refractivity contribution < 1.29 is 9.90 Å². The van der Waals surface area contributed by atoms with Crippen LogP contribution in [-0.2, 0) is 11.2 Å². The summed E-state index contributed by atoms with van der Waals surface area (Å²) in [5, 5.41) is 12.4. The van der Waals surface area contributed by atoms with E-state index in [1.807, 2.05) is 26.0 Å². The van der Waals surface area contributed by atoms with Crippen molar-refractivity contribution in [3.8, 4) is 5.75 Å². The van der Waals surface area contributed by atoms with E-state index in [2.05, 4.69) is 31.3 Å². The summed E-state index contributed by atoms with van der Waals surface area (Å²) in [6, 6.07) is 13.2. The molecule has 0 fully saturated rings. The molecule has 1 amide bonds. The number of aromatic hydroxyl groups is 1. The minimum absolute atomic E-state index is 0.0459. The Labute approximate surface area is 138 Å². The number of aryl methyl sites for hydroxylation is 1. The Morgan fingerprint density at radius 3 is 2.30 bits per heavy atom. The fourth-order valence-electron chi connectivity index (χ4n) is 2.59. The zero-order chi connectivity index (χ0) is 17.0. The molecule has 0 spiro atoms. The summed E-state index contributed by atoms with van der Waals surface area (Å²) >= 11 is 0. The van der Waals surface area contributed by atoms with Crippen molar-refractivity contribution in [2.24, 2.45) is 5.92 Å². The number of amides is 1. The summed E-state index contributed by atoms with van der Waals surface area (Å²) in [7, 11) is 0. The summed E-state index contributed by atoms with van der Waals surface area (Å²) in [5.74, 6) is 0.556. The summed E-state index contributed by atoms with van der Waals surface area (Å²) in [4.78, 5) is 12.4. The SMILES string of the molecule is Cc1cc(O)ccc1NC(=O)[C@H](C)c1ccc(CC(C)C)cc1. The first-order chi connectivity index (χ1) is 10.9. The molecule has 0 radical (unpaired) electrons. The maximum absolute atomic E-state index is 12.4. The Morgan fingerprint density at radius 2 is 1.74 bits per heavy atom. The monoisotopic (exact) mass is 311 g/mol. The van der Waals surface area contributed by atoms with Gasteiger partial charge in [-0.3, -0.25) is 4.79 Å². The highest BCUT2D eigenvalue weighted by molar-refractivity contribution is 5.96. The van der Waals surface area contributed by atoms with E-state index in [1.54, 1.807) is 18.2 Å². The first-order valence-electron chi connectivity index (χ1n) is 8.06. The van der Waals surface area contributed by atoms with Gasteiger partial charge < -0.3 is 10.4 Å². The third-order valence-electron chi connectivity index (χ3n) is 3.98. The number of nitrogens with one attached hydrogen (secondary N) is 1. The van der Waals surface area contributed by atoms with Crippen molar-refractivity contribution in [3.05, 3.63) is 59.2 Å². The second kappa shape index (κ2) is 7.32. The van der Waals surface area contributed by atoms with Crippen molar-refractivity contribution >= 4 is 11.6 Å². The summed E-state index contributed by atoms with van der Waals surface area (Å²) in [6.45, 7) is 8.16. The third kappa shape index (κ3) is 4.59. The number of anilines is 1. The predicted molar refractivity (Wildman–Crippen MR) is 94.9 cm³/mol. The van der Waals surface area contributed by atoms with Crippen LogP contribution in [0.5, 0.6) is 5.75 Å². The Bertz CT molecular complexity index is 675. The number of hydrogen-bond donors (Lipinski definition) is 2. The number of benzene rings is 2. The molecule has 23 heavy (non-hydrogen) atoms. The van der Waals surface area contributed by atoms with Gasteiger partial charge in [-0.05, 0) is 61.1 Å². The molecule has 2 aromatic rings. The van der Waals surface area contributed by atoms with Crippen molar-refractivity contribution in [3.63, 3.8) is 0 Å². The van der Waals surface area contributed by atoms with Gasteiger partial charge in [0.05, 0.1) is 5.92 Å². The lowest BCUT2D eigenvalue weighted by Crippen LogP contribution is -2.19. The maximum atomic E-state index is 12.4. The molecule has 0 aliphatic rings. The van der Waals surface area contributed by atoms with E-state index in [-0.39, 0.29) is 17.6 Å². The zero-order valence-corrected chi connectivity index (χ0v) is 14.3. The topological polar surface area (TPSA) is 49.3 Å². The van der Waals surface area contributed by atoms with E-state index in [0.717, 1.165) is 23.2 Å². The Hall–Kier alpha value is -2.29. The number of carbonyl (C=O) groups excluding carboxylic acids is 1. The van der Waals surface area contributed by atoms with Crippen LogP contribution in [0.15, 0.2) is 42.5 Å². The predicted octanol–water partition coefficient (Wildman–Crippen LogP) is 4.64. The molecular formula is C20H25NO2. The van der Waals surface area contributed by atoms with Crippen LogP contribution in [-0.4, -0.2) is 11.0 Å². The maximum Gasteiger partial charge on any atom is 0.231 e. The fourth-order valence-corrected chi connectivity index (χ4v) is 2.59. The highest BCUT2D eigenvalue weighted by atomic mass is 16.3. The van der Waals surface area contributed by atoms with Gasteiger partial charge in [0.1, 0.15) is 5.75 Å². The Kier molecular flexibility index (Phi) is 5.43. The molecule has 0 aliphatic heterocycles. The molecule has 0 unspecified atom stereocenters. The van der Waals surface area contributed by atoms with Gasteiger partial charge >= 0.3 is 0 Å². The first kappa shape index (κ1) is 17.1. The smallest absolute Gasteiger partial charge is 0.231 e. The molecule has 2 N–H and O–H groups in total. The lowest BCUT2D eigenvalue weighted by molar-refractivity contribution is -0.117. The molecule has 0 aromatic heterocycles. The summed E-state index contributed by atoms with van der Waals surface area (Å²) in [6.07, 6.45) is 1.05. The minimum atomic E-state index is -0.226. The van der Waals surface area contributed by atoms with Crippen molar-refractivity contribution in [1.82, 2.24) is 0 Å². The second-order valence-corrected chi connectivity index (χ2v) is 6.55. The van der Waals surface area contributed by atoms with Crippen LogP contribution in [0.3, 0.4) is 0 Å². The molecule has 0 saturated carbocycles. The number of hydrogen-bond acceptors (Lipinski definition) is 2. The summed E-state index contributed by atoms with van der Waals surface area (Å²) < 4.78 is 0. The van der Waals surface area contributed by atoms with E-state index < -0.39 is 0 Å². The van der Waals surface area contributed by atoms with Crippen LogP contribution in [0.2, 0.25) is 0 Å². The standard InChI is InChI=1S/C20H25NO2/c1-13(2)11-16-5-7-17(8-6-16)15(4)20(23)21-19-10-9-18(22)12-14(19)3/h5-10,12-13,15,22H,11H2,1-4H3,(H,21,23)/t15-/m1/s1. The van der Waals surface area contributed by atoms with E-state index in [4.69, 9.17) is 0 Å². The van der Waals surface area contributed by atoms with E-state index in [9.17, 15) is 9.90 Å². The lowest BCUT2D eigenvalue weighted by Gasteiger charge is -2.15. The Balaban J connectivity index is 2.07. The number of carbonyl (C=O) groups is 1. The van der Waals surface area contributed by atoms with Crippen LogP contribution in [0.1, 0.15) is 43.4 Å². The van der Waals surface area contributed by atoms with Crippen LogP contribution >= 0.6 is 0 Å². The fraction of sp³-hybridized carbons (Fsp3) is 0.350. The van der Waals surface area contributed by atoms with Crippen molar-refractivity contribution in [2.45, 2.75) is 40.0 Å². The van der Waals surface area contributed by atoms with Crippen LogP contribution in [0.25, 0.3) is 0 Å². The molecule has 1 atom stereocenters. The lowest BCUT2D eigenvalue weighted by atomic mass is 9.96. The zero-order valence-electron chi connectivity index (χ0n) is 14.3. The van der Waals surface area contributed by atoms with Gasteiger partial charge in [0.15, 0.2) is 0 Å². The number of phenolic OH excluding ortho intramolecular Hbond substituents is 1. The van der Waals surface area contributed by atoms with Gasteiger partial charge in [-0.1, -0.05) is 38.1 Å². The number of phenols is 1. The van der Waals surface area contributed by atoms with E-state index >= 15 is 0 Å². The molecule has 0 aliphatic carbocycles. The van der Waals surface area contributed by atoms with Crippen molar-refractivity contribution in [2.75, 3.05) is 5.32 Å². The molecule has 2 aromatic carbocycles. The highest BCUT2D eigenvalue weighted by Crippen LogP contribution is 2.23. The average molecular weight is 311 g/mol. The second-order valence-electron chi connectivity index (χ2n) is 6.55.